The number of halogens is 2. The van der Waals surface area contributed by atoms with E-state index in [0.717, 1.165) is 47.9 Å². The molecule has 0 heterocycles. The maximum absolute atomic E-state index is 13.6. The molecule has 0 aromatic heterocycles. The molecule has 1 saturated carbocycles. The number of carbonyl (C=O) groups excluding carboxylic acids is 2. The Labute approximate surface area is 207 Å². The smallest absolute Gasteiger partial charge is 0.243 e. The van der Waals surface area contributed by atoms with E-state index in [0.29, 0.717) is 16.5 Å². The third-order valence-electron chi connectivity index (χ3n) is 6.33. The zero-order valence-electron chi connectivity index (χ0n) is 19.8. The molecule has 2 aromatic rings. The molecule has 0 unspecified atom stereocenters. The third-order valence-corrected chi connectivity index (χ3v) is 6.92. The van der Waals surface area contributed by atoms with Crippen LogP contribution in [-0.4, -0.2) is 28.8 Å². The standard InChI is InChI=1S/C27H34Cl2N2O2/c1-4-25(27(33)30-23-8-6-5-7-9-23)31(17-21-10-11-22(28)16-24(21)29)26(32)15-20-13-18(2)12-19(3)14-20/h10-14,16,23,25H,4-9,15,17H2,1-3H3,(H,30,33)/t25-/m1/s1. The Balaban J connectivity index is 1.86. The number of hydrogen-bond acceptors (Lipinski definition) is 2. The predicted octanol–water partition coefficient (Wildman–Crippen LogP) is 6.41. The monoisotopic (exact) mass is 488 g/mol. The molecular formula is C27H34Cl2N2O2. The fourth-order valence-corrected chi connectivity index (χ4v) is 5.21. The lowest BCUT2D eigenvalue weighted by atomic mass is 9.95. The molecule has 6 heteroatoms. The van der Waals surface area contributed by atoms with Crippen molar-refractivity contribution in [2.24, 2.45) is 0 Å². The second-order valence-electron chi connectivity index (χ2n) is 9.20. The van der Waals surface area contributed by atoms with Gasteiger partial charge in [0.15, 0.2) is 0 Å². The van der Waals surface area contributed by atoms with Crippen molar-refractivity contribution in [3.8, 4) is 0 Å². The maximum atomic E-state index is 13.6. The summed E-state index contributed by atoms with van der Waals surface area (Å²) in [4.78, 5) is 28.6. The van der Waals surface area contributed by atoms with Gasteiger partial charge in [-0.25, -0.2) is 0 Å². The molecule has 0 spiro atoms. The Morgan fingerprint density at radius 3 is 2.30 bits per heavy atom. The van der Waals surface area contributed by atoms with E-state index in [1.807, 2.05) is 39.0 Å². The van der Waals surface area contributed by atoms with Crippen molar-refractivity contribution in [1.29, 1.82) is 0 Å². The highest BCUT2D eigenvalue weighted by molar-refractivity contribution is 6.35. The summed E-state index contributed by atoms with van der Waals surface area (Å²) in [5.41, 5.74) is 3.96. The molecule has 3 rings (SSSR count). The van der Waals surface area contributed by atoms with Gasteiger partial charge >= 0.3 is 0 Å². The minimum Gasteiger partial charge on any atom is -0.352 e. The molecule has 0 saturated heterocycles. The van der Waals surface area contributed by atoms with Crippen LogP contribution in [0.2, 0.25) is 10.0 Å². The van der Waals surface area contributed by atoms with Crippen molar-refractivity contribution >= 4 is 35.0 Å². The van der Waals surface area contributed by atoms with E-state index in [9.17, 15) is 9.59 Å². The number of hydrogen-bond donors (Lipinski definition) is 1. The Bertz CT molecular complexity index is 966. The van der Waals surface area contributed by atoms with E-state index < -0.39 is 6.04 Å². The maximum Gasteiger partial charge on any atom is 0.243 e. The number of amides is 2. The minimum atomic E-state index is -0.558. The van der Waals surface area contributed by atoms with Gasteiger partial charge in [-0.1, -0.05) is 84.8 Å². The number of rotatable bonds is 8. The Morgan fingerprint density at radius 2 is 1.70 bits per heavy atom. The number of carbonyl (C=O) groups is 2. The number of nitrogens with zero attached hydrogens (tertiary/aromatic N) is 1. The van der Waals surface area contributed by atoms with Crippen LogP contribution >= 0.6 is 23.2 Å². The molecule has 0 aliphatic heterocycles. The first-order valence-electron chi connectivity index (χ1n) is 11.9. The van der Waals surface area contributed by atoms with Crippen molar-refractivity contribution in [2.75, 3.05) is 0 Å². The largest absolute Gasteiger partial charge is 0.352 e. The first-order chi connectivity index (χ1) is 15.8. The van der Waals surface area contributed by atoms with Gasteiger partial charge < -0.3 is 10.2 Å². The quantitative estimate of drug-likeness (QED) is 0.466. The third kappa shape index (κ3) is 7.22. The van der Waals surface area contributed by atoms with Gasteiger partial charge in [0, 0.05) is 22.6 Å². The fraction of sp³-hybridized carbons (Fsp3) is 0.481. The fourth-order valence-electron chi connectivity index (χ4n) is 4.74. The highest BCUT2D eigenvalue weighted by atomic mass is 35.5. The summed E-state index contributed by atoms with van der Waals surface area (Å²) < 4.78 is 0. The average Bonchev–Trinajstić information content (AvgIpc) is 2.75. The van der Waals surface area contributed by atoms with Gasteiger partial charge in [0.25, 0.3) is 0 Å². The van der Waals surface area contributed by atoms with Crippen LogP contribution in [0.15, 0.2) is 36.4 Å². The lowest BCUT2D eigenvalue weighted by molar-refractivity contribution is -0.141. The van der Waals surface area contributed by atoms with E-state index in [1.165, 1.54) is 6.42 Å². The molecule has 4 nitrogen and oxygen atoms in total. The van der Waals surface area contributed by atoms with Gasteiger partial charge in [0.1, 0.15) is 6.04 Å². The van der Waals surface area contributed by atoms with E-state index in [1.54, 1.807) is 17.0 Å². The summed E-state index contributed by atoms with van der Waals surface area (Å²) in [6.07, 6.45) is 6.26. The Hall–Kier alpha value is -2.04. The molecule has 1 aliphatic rings. The van der Waals surface area contributed by atoms with Crippen LogP contribution in [0.4, 0.5) is 0 Å². The minimum absolute atomic E-state index is 0.0803. The molecule has 178 valence electrons. The summed E-state index contributed by atoms with van der Waals surface area (Å²) in [5, 5.41) is 4.25. The van der Waals surface area contributed by atoms with Gasteiger partial charge in [-0.3, -0.25) is 9.59 Å². The van der Waals surface area contributed by atoms with E-state index in [-0.39, 0.29) is 30.8 Å². The molecule has 1 fully saturated rings. The molecule has 1 N–H and O–H groups in total. The lowest BCUT2D eigenvalue weighted by Crippen LogP contribution is -2.52. The zero-order valence-corrected chi connectivity index (χ0v) is 21.3. The molecule has 1 aliphatic carbocycles. The van der Waals surface area contributed by atoms with Gasteiger partial charge in [-0.15, -0.1) is 0 Å². The molecule has 2 amide bonds. The lowest BCUT2D eigenvalue weighted by Gasteiger charge is -2.33. The van der Waals surface area contributed by atoms with E-state index >= 15 is 0 Å². The zero-order chi connectivity index (χ0) is 24.0. The second kappa shape index (κ2) is 11.9. The van der Waals surface area contributed by atoms with Crippen molar-refractivity contribution in [3.05, 3.63) is 68.7 Å². The van der Waals surface area contributed by atoms with Crippen molar-refractivity contribution < 1.29 is 9.59 Å². The summed E-state index contributed by atoms with van der Waals surface area (Å²) >= 11 is 12.5. The summed E-state index contributed by atoms with van der Waals surface area (Å²) in [7, 11) is 0. The van der Waals surface area contributed by atoms with Crippen LogP contribution in [0, 0.1) is 13.8 Å². The van der Waals surface area contributed by atoms with Crippen LogP contribution in [0.5, 0.6) is 0 Å². The van der Waals surface area contributed by atoms with Crippen LogP contribution in [0.1, 0.15) is 67.7 Å². The number of nitrogens with one attached hydrogen (secondary N) is 1. The Morgan fingerprint density at radius 1 is 1.03 bits per heavy atom. The molecule has 0 radical (unpaired) electrons. The van der Waals surface area contributed by atoms with E-state index in [4.69, 9.17) is 23.2 Å². The predicted molar refractivity (Wildman–Crippen MR) is 136 cm³/mol. The summed E-state index contributed by atoms with van der Waals surface area (Å²) in [6, 6.07) is 11.0. The van der Waals surface area contributed by atoms with Crippen molar-refractivity contribution in [3.63, 3.8) is 0 Å². The first kappa shape index (κ1) is 25.6. The van der Waals surface area contributed by atoms with Gasteiger partial charge in [-0.05, 0) is 56.4 Å². The summed E-state index contributed by atoms with van der Waals surface area (Å²) in [5.74, 6) is -0.167. The van der Waals surface area contributed by atoms with Crippen molar-refractivity contribution in [2.45, 2.75) is 84.3 Å². The van der Waals surface area contributed by atoms with Gasteiger partial charge in [0.05, 0.1) is 6.42 Å². The summed E-state index contributed by atoms with van der Waals surface area (Å²) in [6.45, 7) is 6.26. The van der Waals surface area contributed by atoms with Crippen LogP contribution < -0.4 is 5.32 Å². The molecule has 33 heavy (non-hydrogen) atoms. The van der Waals surface area contributed by atoms with Crippen LogP contribution in [-0.2, 0) is 22.6 Å². The average molecular weight is 489 g/mol. The SMILES string of the molecule is CC[C@H](C(=O)NC1CCCCC1)N(Cc1ccc(Cl)cc1Cl)C(=O)Cc1cc(C)cc(C)c1. The highest BCUT2D eigenvalue weighted by Gasteiger charge is 2.30. The highest BCUT2D eigenvalue weighted by Crippen LogP contribution is 2.25. The molecule has 0 bridgehead atoms. The number of aryl methyl sites for hydroxylation is 2. The topological polar surface area (TPSA) is 49.4 Å². The van der Waals surface area contributed by atoms with Crippen LogP contribution in [0.25, 0.3) is 0 Å². The normalized spacial score (nSPS) is 15.2. The van der Waals surface area contributed by atoms with Crippen molar-refractivity contribution in [1.82, 2.24) is 10.2 Å². The molecular weight excluding hydrogens is 455 g/mol. The van der Waals surface area contributed by atoms with E-state index in [2.05, 4.69) is 11.4 Å². The first-order valence-corrected chi connectivity index (χ1v) is 12.6. The van der Waals surface area contributed by atoms with Gasteiger partial charge in [0.2, 0.25) is 11.8 Å². The van der Waals surface area contributed by atoms with Crippen LogP contribution in [0.3, 0.4) is 0 Å². The second-order valence-corrected chi connectivity index (χ2v) is 10.0. The van der Waals surface area contributed by atoms with Gasteiger partial charge in [-0.2, -0.15) is 0 Å². The molecule has 2 aromatic carbocycles. The molecule has 1 atom stereocenters. The Kier molecular flexibility index (Phi) is 9.22. The number of benzene rings is 2.